The van der Waals surface area contributed by atoms with Crippen LogP contribution in [0.1, 0.15) is 24.5 Å². The van der Waals surface area contributed by atoms with Gasteiger partial charge in [0.2, 0.25) is 0 Å². The molecule has 1 aromatic carbocycles. The van der Waals surface area contributed by atoms with Gasteiger partial charge in [0.1, 0.15) is 0 Å². The molecule has 1 aromatic rings. The van der Waals surface area contributed by atoms with Crippen LogP contribution in [0, 0.1) is 0 Å². The highest BCUT2D eigenvalue weighted by Crippen LogP contribution is 2.05. The van der Waals surface area contributed by atoms with Gasteiger partial charge in [-0.15, -0.1) is 0 Å². The van der Waals surface area contributed by atoms with Gasteiger partial charge in [0.15, 0.2) is 5.84 Å². The normalized spacial score (nSPS) is 13.6. The van der Waals surface area contributed by atoms with Gasteiger partial charge in [-0.1, -0.05) is 30.3 Å². The van der Waals surface area contributed by atoms with E-state index >= 15 is 0 Å². The van der Waals surface area contributed by atoms with Crippen LogP contribution in [0.3, 0.4) is 0 Å². The van der Waals surface area contributed by atoms with Gasteiger partial charge in [0, 0.05) is 18.7 Å². The van der Waals surface area contributed by atoms with Gasteiger partial charge < -0.3 is 21.4 Å². The van der Waals surface area contributed by atoms with E-state index in [2.05, 4.69) is 10.5 Å². The average Bonchev–Trinajstić information content (AvgIpc) is 2.38. The van der Waals surface area contributed by atoms with Crippen molar-refractivity contribution in [2.45, 2.75) is 26.0 Å². The third-order valence-electron chi connectivity index (χ3n) is 2.51. The highest BCUT2D eigenvalue weighted by Gasteiger charge is 2.02. The molecule has 94 valence electrons. The Kier molecular flexibility index (Phi) is 5.45. The van der Waals surface area contributed by atoms with Crippen molar-refractivity contribution < 1.29 is 10.3 Å². The molecule has 17 heavy (non-hydrogen) atoms. The summed E-state index contributed by atoms with van der Waals surface area (Å²) in [7, 11) is 0. The minimum absolute atomic E-state index is 0.0976. The second kappa shape index (κ2) is 6.88. The summed E-state index contributed by atoms with van der Waals surface area (Å²) in [6, 6.07) is 7.42. The van der Waals surface area contributed by atoms with Crippen molar-refractivity contribution in [3.8, 4) is 0 Å². The first-order valence-corrected chi connectivity index (χ1v) is 5.63. The van der Waals surface area contributed by atoms with Gasteiger partial charge in [0.05, 0.1) is 6.10 Å². The summed E-state index contributed by atoms with van der Waals surface area (Å²) in [6.07, 6.45) is 0.416. The molecule has 0 amide bonds. The smallest absolute Gasteiger partial charge is 0.170 e. The molecule has 0 aromatic heterocycles. The maximum Gasteiger partial charge on any atom is 0.170 e. The maximum absolute atomic E-state index is 9.38. The Morgan fingerprint density at radius 2 is 2.29 bits per heavy atom. The first-order chi connectivity index (χ1) is 8.17. The molecule has 0 bridgehead atoms. The zero-order valence-electron chi connectivity index (χ0n) is 9.93. The predicted octanol–water partition coefficient (Wildman–Crippen LogP) is 0.642. The van der Waals surface area contributed by atoms with Crippen LogP contribution < -0.4 is 11.1 Å². The second-order valence-electron chi connectivity index (χ2n) is 3.88. The van der Waals surface area contributed by atoms with Crippen LogP contribution in [0.15, 0.2) is 29.4 Å². The Bertz CT molecular complexity index is 380. The van der Waals surface area contributed by atoms with Gasteiger partial charge in [0.25, 0.3) is 0 Å². The number of nitrogens with two attached hydrogens (primary N) is 1. The van der Waals surface area contributed by atoms with Crippen molar-refractivity contribution in [3.63, 3.8) is 0 Å². The first-order valence-electron chi connectivity index (χ1n) is 5.63. The second-order valence-corrected chi connectivity index (χ2v) is 3.88. The predicted molar refractivity (Wildman–Crippen MR) is 67.0 cm³/mol. The van der Waals surface area contributed by atoms with Gasteiger partial charge in [-0.25, -0.2) is 0 Å². The van der Waals surface area contributed by atoms with E-state index in [4.69, 9.17) is 10.9 Å². The highest BCUT2D eigenvalue weighted by atomic mass is 16.4. The highest BCUT2D eigenvalue weighted by molar-refractivity contribution is 5.97. The number of oxime groups is 1. The molecule has 0 fully saturated rings. The standard InChI is InChI=1S/C12H19N3O2/c1-2-11(16)8-14-7-9-4-3-5-10(6-9)12(13)15-17/h3-6,11,14,16-17H,2,7-8H2,1H3,(H2,13,15). The number of hydrogen-bond acceptors (Lipinski definition) is 4. The molecule has 1 rings (SSSR count). The molecule has 0 radical (unpaired) electrons. The molecule has 1 atom stereocenters. The number of nitrogens with zero attached hydrogens (tertiary/aromatic N) is 1. The molecule has 1 unspecified atom stereocenters. The number of amidine groups is 1. The lowest BCUT2D eigenvalue weighted by Crippen LogP contribution is -2.25. The number of rotatable bonds is 6. The molecule has 0 saturated heterocycles. The van der Waals surface area contributed by atoms with Gasteiger partial charge in [-0.2, -0.15) is 0 Å². The lowest BCUT2D eigenvalue weighted by atomic mass is 10.1. The van der Waals surface area contributed by atoms with Crippen LogP contribution in [0.5, 0.6) is 0 Å². The Labute approximate surface area is 101 Å². The first kappa shape index (κ1) is 13.5. The number of aliphatic hydroxyl groups is 1. The molecule has 0 aliphatic heterocycles. The molecular weight excluding hydrogens is 218 g/mol. The molecule has 5 nitrogen and oxygen atoms in total. The van der Waals surface area contributed by atoms with Crippen LogP contribution in [0.2, 0.25) is 0 Å². The number of nitrogens with one attached hydrogen (secondary N) is 1. The summed E-state index contributed by atoms with van der Waals surface area (Å²) >= 11 is 0. The molecular formula is C12H19N3O2. The van der Waals surface area contributed by atoms with Crippen molar-refractivity contribution >= 4 is 5.84 Å². The topological polar surface area (TPSA) is 90.9 Å². The fourth-order valence-corrected chi connectivity index (χ4v) is 1.43. The molecule has 0 aliphatic carbocycles. The zero-order chi connectivity index (χ0) is 12.7. The van der Waals surface area contributed by atoms with E-state index in [0.717, 1.165) is 12.0 Å². The quantitative estimate of drug-likeness (QED) is 0.253. The Morgan fingerprint density at radius 1 is 1.53 bits per heavy atom. The van der Waals surface area contributed by atoms with E-state index in [1.54, 1.807) is 6.07 Å². The number of hydrogen-bond donors (Lipinski definition) is 4. The summed E-state index contributed by atoms with van der Waals surface area (Å²) in [5, 5.41) is 24.1. The third-order valence-corrected chi connectivity index (χ3v) is 2.51. The van der Waals surface area contributed by atoms with Crippen LogP contribution in [0.25, 0.3) is 0 Å². The molecule has 0 heterocycles. The van der Waals surface area contributed by atoms with Crippen LogP contribution in [0.4, 0.5) is 0 Å². The SMILES string of the molecule is CCC(O)CNCc1cccc(/C(N)=N/O)c1. The fraction of sp³-hybridized carbons (Fsp3) is 0.417. The van der Waals surface area contributed by atoms with Crippen LogP contribution >= 0.6 is 0 Å². The van der Waals surface area contributed by atoms with E-state index in [9.17, 15) is 5.11 Å². The Morgan fingerprint density at radius 3 is 2.94 bits per heavy atom. The van der Waals surface area contributed by atoms with E-state index in [-0.39, 0.29) is 11.9 Å². The van der Waals surface area contributed by atoms with Gasteiger partial charge >= 0.3 is 0 Å². The van der Waals surface area contributed by atoms with E-state index in [1.165, 1.54) is 0 Å². The molecule has 5 N–H and O–H groups in total. The zero-order valence-corrected chi connectivity index (χ0v) is 9.93. The Hall–Kier alpha value is -1.59. The minimum Gasteiger partial charge on any atom is -0.409 e. The lowest BCUT2D eigenvalue weighted by Gasteiger charge is -2.10. The van der Waals surface area contributed by atoms with Crippen molar-refractivity contribution in [2.75, 3.05) is 6.54 Å². The fourth-order valence-electron chi connectivity index (χ4n) is 1.43. The minimum atomic E-state index is -0.317. The number of aliphatic hydroxyl groups excluding tert-OH is 1. The monoisotopic (exact) mass is 237 g/mol. The van der Waals surface area contributed by atoms with Crippen molar-refractivity contribution in [1.29, 1.82) is 0 Å². The van der Waals surface area contributed by atoms with Crippen molar-refractivity contribution in [1.82, 2.24) is 5.32 Å². The molecule has 5 heteroatoms. The maximum atomic E-state index is 9.38. The van der Waals surface area contributed by atoms with Crippen LogP contribution in [-0.2, 0) is 6.54 Å². The van der Waals surface area contributed by atoms with Gasteiger partial charge in [-0.05, 0) is 18.1 Å². The molecule has 0 aliphatic rings. The summed E-state index contributed by atoms with van der Waals surface area (Å²) < 4.78 is 0. The van der Waals surface area contributed by atoms with Crippen molar-refractivity contribution in [3.05, 3.63) is 35.4 Å². The summed E-state index contributed by atoms with van der Waals surface area (Å²) in [5.41, 5.74) is 7.21. The molecule has 0 spiro atoms. The average molecular weight is 237 g/mol. The summed E-state index contributed by atoms with van der Waals surface area (Å²) in [6.45, 7) is 3.14. The van der Waals surface area contributed by atoms with Crippen molar-refractivity contribution in [2.24, 2.45) is 10.9 Å². The summed E-state index contributed by atoms with van der Waals surface area (Å²) in [4.78, 5) is 0. The van der Waals surface area contributed by atoms with Crippen LogP contribution in [-0.4, -0.2) is 28.8 Å². The number of benzene rings is 1. The van der Waals surface area contributed by atoms with E-state index in [0.29, 0.717) is 18.7 Å². The van der Waals surface area contributed by atoms with E-state index < -0.39 is 0 Å². The third kappa shape index (κ3) is 4.42. The summed E-state index contributed by atoms with van der Waals surface area (Å²) in [5.74, 6) is 0.0976. The molecule has 0 saturated carbocycles. The largest absolute Gasteiger partial charge is 0.409 e. The lowest BCUT2D eigenvalue weighted by molar-refractivity contribution is 0.167. The van der Waals surface area contributed by atoms with E-state index in [1.807, 2.05) is 25.1 Å². The van der Waals surface area contributed by atoms with Gasteiger partial charge in [-0.3, -0.25) is 0 Å². The Balaban J connectivity index is 2.54.